The molecule has 6 heteroatoms. The van der Waals surface area contributed by atoms with Gasteiger partial charge >= 0.3 is 0 Å². The highest BCUT2D eigenvalue weighted by atomic mass is 16.5. The highest BCUT2D eigenvalue weighted by Gasteiger charge is 2.42. The number of carbonyl (C=O) groups is 1. The molecule has 1 aliphatic heterocycles. The third-order valence-corrected chi connectivity index (χ3v) is 6.45. The first kappa shape index (κ1) is 23.7. The Kier molecular flexibility index (Phi) is 6.76. The van der Waals surface area contributed by atoms with Gasteiger partial charge in [0.15, 0.2) is 16.9 Å². The smallest absolute Gasteiger partial charge is 0.290 e. The molecule has 0 N–H and O–H groups in total. The Morgan fingerprint density at radius 1 is 0.889 bits per heavy atom. The van der Waals surface area contributed by atoms with Gasteiger partial charge in [0.25, 0.3) is 5.91 Å². The molecule has 3 aromatic carbocycles. The molecule has 0 unspecified atom stereocenters. The van der Waals surface area contributed by atoms with Crippen LogP contribution in [0.1, 0.15) is 60.0 Å². The Morgan fingerprint density at radius 2 is 1.67 bits per heavy atom. The van der Waals surface area contributed by atoms with Gasteiger partial charge in [0, 0.05) is 6.54 Å². The fraction of sp³-hybridized carbons (Fsp3) is 0.267. The van der Waals surface area contributed by atoms with E-state index in [2.05, 4.69) is 6.92 Å². The second-order valence-electron chi connectivity index (χ2n) is 8.84. The van der Waals surface area contributed by atoms with Crippen molar-refractivity contribution < 1.29 is 18.7 Å². The number of nitrogens with zero attached hydrogens (tertiary/aromatic N) is 1. The van der Waals surface area contributed by atoms with E-state index in [0.29, 0.717) is 47.8 Å². The number of benzene rings is 3. The number of fused-ring (bicyclic) bond motifs is 2. The lowest BCUT2D eigenvalue weighted by atomic mass is 9.98. The quantitative estimate of drug-likeness (QED) is 0.287. The maximum absolute atomic E-state index is 13.6. The van der Waals surface area contributed by atoms with E-state index in [1.165, 1.54) is 0 Å². The lowest BCUT2D eigenvalue weighted by molar-refractivity contribution is 0.0725. The van der Waals surface area contributed by atoms with Crippen LogP contribution in [0.2, 0.25) is 0 Å². The van der Waals surface area contributed by atoms with Crippen LogP contribution >= 0.6 is 0 Å². The summed E-state index contributed by atoms with van der Waals surface area (Å²) >= 11 is 0. The van der Waals surface area contributed by atoms with Crippen molar-refractivity contribution >= 4 is 16.9 Å². The van der Waals surface area contributed by atoms with Crippen molar-refractivity contribution in [2.45, 2.75) is 39.3 Å². The maximum Gasteiger partial charge on any atom is 0.290 e. The van der Waals surface area contributed by atoms with E-state index in [0.717, 1.165) is 24.0 Å². The van der Waals surface area contributed by atoms with E-state index in [1.54, 1.807) is 29.2 Å². The highest BCUT2D eigenvalue weighted by molar-refractivity contribution is 5.99. The summed E-state index contributed by atoms with van der Waals surface area (Å²) in [6.45, 7) is 5.37. The standard InChI is InChI=1S/C30H29NO5/c1-3-5-17-31-27(26-28(32)22-13-9-10-14-23(22)36-29(26)30(31)33)21-15-16-24(25(18-21)34-4-2)35-19-20-11-7-6-8-12-20/h6-16,18,27H,3-5,17,19H2,1-2H3/t27-/m1/s1. The van der Waals surface area contributed by atoms with E-state index < -0.39 is 6.04 Å². The molecule has 6 nitrogen and oxygen atoms in total. The molecule has 0 saturated heterocycles. The van der Waals surface area contributed by atoms with Crippen LogP contribution in [0.25, 0.3) is 11.0 Å². The third kappa shape index (κ3) is 4.35. The summed E-state index contributed by atoms with van der Waals surface area (Å²) in [5, 5.41) is 0.472. The molecule has 0 bridgehead atoms. The van der Waals surface area contributed by atoms with Gasteiger partial charge in [-0.1, -0.05) is 61.9 Å². The van der Waals surface area contributed by atoms with Crippen LogP contribution in [0.3, 0.4) is 0 Å². The molecule has 1 amide bonds. The Morgan fingerprint density at radius 3 is 2.44 bits per heavy atom. The second-order valence-corrected chi connectivity index (χ2v) is 8.84. The summed E-state index contributed by atoms with van der Waals surface area (Å²) in [6, 6.07) is 22.1. The van der Waals surface area contributed by atoms with Gasteiger partial charge in [-0.05, 0) is 48.7 Å². The van der Waals surface area contributed by atoms with Crippen molar-refractivity contribution in [2.75, 3.05) is 13.2 Å². The second kappa shape index (κ2) is 10.3. The summed E-state index contributed by atoms with van der Waals surface area (Å²) in [5.74, 6) is 1.06. The predicted octanol–water partition coefficient (Wildman–Crippen LogP) is 6.12. The first-order chi connectivity index (χ1) is 17.6. The van der Waals surface area contributed by atoms with Gasteiger partial charge in [0.1, 0.15) is 12.2 Å². The molecule has 2 heterocycles. The fourth-order valence-electron chi connectivity index (χ4n) is 4.69. The number of hydrogen-bond acceptors (Lipinski definition) is 5. The zero-order chi connectivity index (χ0) is 25.1. The predicted molar refractivity (Wildman–Crippen MR) is 139 cm³/mol. The number of ether oxygens (including phenoxy) is 2. The first-order valence-corrected chi connectivity index (χ1v) is 12.4. The minimum absolute atomic E-state index is 0.127. The van der Waals surface area contributed by atoms with Crippen molar-refractivity contribution in [1.82, 2.24) is 4.90 Å². The summed E-state index contributed by atoms with van der Waals surface area (Å²) in [4.78, 5) is 28.8. The Balaban J connectivity index is 1.58. The normalized spacial score (nSPS) is 14.8. The van der Waals surface area contributed by atoms with Gasteiger partial charge in [-0.15, -0.1) is 0 Å². The average Bonchev–Trinajstić information content (AvgIpc) is 3.19. The van der Waals surface area contributed by atoms with Crippen LogP contribution in [0.5, 0.6) is 11.5 Å². The van der Waals surface area contributed by atoms with Gasteiger partial charge in [0.2, 0.25) is 5.76 Å². The Hall–Kier alpha value is -4.06. The van der Waals surface area contributed by atoms with Crippen LogP contribution in [-0.4, -0.2) is 24.0 Å². The number of amides is 1. The largest absolute Gasteiger partial charge is 0.490 e. The summed E-state index contributed by atoms with van der Waals surface area (Å²) in [6.07, 6.45) is 1.74. The van der Waals surface area contributed by atoms with E-state index in [-0.39, 0.29) is 17.1 Å². The number of hydrogen-bond donors (Lipinski definition) is 0. The zero-order valence-corrected chi connectivity index (χ0v) is 20.5. The number of carbonyl (C=O) groups excluding carboxylic acids is 1. The topological polar surface area (TPSA) is 69.0 Å². The van der Waals surface area contributed by atoms with Crippen molar-refractivity contribution in [3.05, 3.63) is 105 Å². The summed E-state index contributed by atoms with van der Waals surface area (Å²) in [5.41, 5.74) is 2.47. The molecule has 0 aliphatic carbocycles. The van der Waals surface area contributed by atoms with Crippen LogP contribution in [-0.2, 0) is 6.61 Å². The molecule has 0 radical (unpaired) electrons. The lowest BCUT2D eigenvalue weighted by Crippen LogP contribution is -2.30. The maximum atomic E-state index is 13.6. The average molecular weight is 484 g/mol. The molecule has 184 valence electrons. The van der Waals surface area contributed by atoms with E-state index in [1.807, 2.05) is 55.5 Å². The number of unbranched alkanes of at least 4 members (excludes halogenated alkanes) is 1. The van der Waals surface area contributed by atoms with Gasteiger partial charge in [-0.3, -0.25) is 9.59 Å². The van der Waals surface area contributed by atoms with Crippen LogP contribution in [0, 0.1) is 0 Å². The van der Waals surface area contributed by atoms with E-state index in [9.17, 15) is 9.59 Å². The van der Waals surface area contributed by atoms with E-state index >= 15 is 0 Å². The van der Waals surface area contributed by atoms with Crippen LogP contribution in [0.4, 0.5) is 0 Å². The molecule has 0 spiro atoms. The van der Waals surface area contributed by atoms with Crippen molar-refractivity contribution in [2.24, 2.45) is 0 Å². The van der Waals surface area contributed by atoms with Crippen molar-refractivity contribution in [1.29, 1.82) is 0 Å². The number of rotatable bonds is 9. The zero-order valence-electron chi connectivity index (χ0n) is 20.5. The molecule has 36 heavy (non-hydrogen) atoms. The van der Waals surface area contributed by atoms with Crippen molar-refractivity contribution in [3.63, 3.8) is 0 Å². The first-order valence-electron chi connectivity index (χ1n) is 12.4. The van der Waals surface area contributed by atoms with Crippen LogP contribution < -0.4 is 14.9 Å². The van der Waals surface area contributed by atoms with Gasteiger partial charge in [-0.2, -0.15) is 0 Å². The van der Waals surface area contributed by atoms with Gasteiger partial charge in [-0.25, -0.2) is 0 Å². The van der Waals surface area contributed by atoms with Gasteiger partial charge < -0.3 is 18.8 Å². The molecular weight excluding hydrogens is 454 g/mol. The van der Waals surface area contributed by atoms with Crippen LogP contribution in [0.15, 0.2) is 82.0 Å². The molecule has 0 saturated carbocycles. The Bertz CT molecular complexity index is 1440. The molecule has 1 aromatic heterocycles. The molecule has 0 fully saturated rings. The van der Waals surface area contributed by atoms with Gasteiger partial charge in [0.05, 0.1) is 23.6 Å². The highest BCUT2D eigenvalue weighted by Crippen LogP contribution is 2.41. The molecule has 1 aliphatic rings. The molecule has 5 rings (SSSR count). The molecule has 1 atom stereocenters. The third-order valence-electron chi connectivity index (χ3n) is 6.45. The Labute approximate surface area is 210 Å². The molecular formula is C30H29NO5. The SMILES string of the molecule is CCCCN1C(=O)c2oc3ccccc3c(=O)c2[C@H]1c1ccc(OCc2ccccc2)c(OCC)c1. The fourth-order valence-corrected chi connectivity index (χ4v) is 4.69. The summed E-state index contributed by atoms with van der Waals surface area (Å²) < 4.78 is 18.0. The number of para-hydroxylation sites is 1. The monoisotopic (exact) mass is 483 g/mol. The van der Waals surface area contributed by atoms with Crippen molar-refractivity contribution in [3.8, 4) is 11.5 Å². The minimum Gasteiger partial charge on any atom is -0.490 e. The lowest BCUT2D eigenvalue weighted by Gasteiger charge is -2.25. The summed E-state index contributed by atoms with van der Waals surface area (Å²) in [7, 11) is 0. The van der Waals surface area contributed by atoms with E-state index in [4.69, 9.17) is 13.9 Å². The molecule has 4 aromatic rings. The minimum atomic E-state index is -0.553.